The van der Waals surface area contributed by atoms with E-state index >= 15 is 0 Å². The quantitative estimate of drug-likeness (QED) is 0.131. The van der Waals surface area contributed by atoms with Crippen LogP contribution >= 0.6 is 0 Å². The molecule has 14 nitrogen and oxygen atoms in total. The lowest BCUT2D eigenvalue weighted by Crippen LogP contribution is -2.54. The van der Waals surface area contributed by atoms with E-state index in [9.17, 15) is 24.0 Å². The summed E-state index contributed by atoms with van der Waals surface area (Å²) < 4.78 is 1.86. The van der Waals surface area contributed by atoms with Crippen LogP contribution in [0, 0.1) is 6.92 Å². The van der Waals surface area contributed by atoms with Gasteiger partial charge in [0.15, 0.2) is 0 Å². The molecule has 0 bridgehead atoms. The van der Waals surface area contributed by atoms with Gasteiger partial charge in [0.05, 0.1) is 27.9 Å². The van der Waals surface area contributed by atoms with Crippen LogP contribution in [0.2, 0.25) is 0 Å². The van der Waals surface area contributed by atoms with E-state index in [2.05, 4.69) is 43.9 Å². The second-order valence-corrected chi connectivity index (χ2v) is 13.5. The normalized spacial score (nSPS) is 19.3. The Morgan fingerprint density at radius 1 is 1.02 bits per heavy atom. The number of benzene rings is 2. The average molecular weight is 688 g/mol. The van der Waals surface area contributed by atoms with Crippen molar-refractivity contribution in [1.82, 2.24) is 34.9 Å². The Morgan fingerprint density at radius 2 is 1.88 bits per heavy atom. The topological polar surface area (TPSA) is 174 Å². The Morgan fingerprint density at radius 3 is 2.69 bits per heavy atom. The van der Waals surface area contributed by atoms with Crippen molar-refractivity contribution in [2.45, 2.75) is 57.7 Å². The number of piperidine rings is 1. The molecule has 51 heavy (non-hydrogen) atoms. The number of nitrogens with one attached hydrogen (secondary N) is 4. The second-order valence-electron chi connectivity index (χ2n) is 13.5. The van der Waals surface area contributed by atoms with Gasteiger partial charge in [-0.15, -0.1) is 0 Å². The predicted molar refractivity (Wildman–Crippen MR) is 189 cm³/mol. The molecule has 8 rings (SSSR count). The maximum atomic E-state index is 13.4. The highest BCUT2D eigenvalue weighted by atomic mass is 16.2. The highest BCUT2D eigenvalue weighted by Crippen LogP contribution is 2.34. The molecule has 5 amide bonds. The lowest BCUT2D eigenvalue weighted by atomic mass is 10.0. The van der Waals surface area contributed by atoms with Crippen LogP contribution in [0.25, 0.3) is 21.8 Å². The molecule has 2 atom stereocenters. The summed E-state index contributed by atoms with van der Waals surface area (Å²) >= 11 is 0. The summed E-state index contributed by atoms with van der Waals surface area (Å²) in [5, 5.41) is 15.1. The zero-order valence-electron chi connectivity index (χ0n) is 28.3. The third kappa shape index (κ3) is 5.80. The number of rotatable bonds is 9. The number of amides is 5. The predicted octanol–water partition coefficient (Wildman–Crippen LogP) is 4.14. The number of imide groups is 2. The molecule has 6 heterocycles. The number of H-pyrrole nitrogens is 1. The van der Waals surface area contributed by atoms with Crippen LogP contribution in [0.15, 0.2) is 54.7 Å². The first-order valence-electron chi connectivity index (χ1n) is 17.2. The molecule has 0 spiro atoms. The van der Waals surface area contributed by atoms with Crippen LogP contribution in [0.4, 0.5) is 11.5 Å². The second kappa shape index (κ2) is 12.8. The van der Waals surface area contributed by atoms with Crippen molar-refractivity contribution in [2.75, 3.05) is 30.8 Å². The number of aryl methyl sites for hydroxylation is 2. The molecular formula is C37H37N9O5. The van der Waals surface area contributed by atoms with Gasteiger partial charge in [0.25, 0.3) is 17.7 Å². The molecule has 2 aromatic carbocycles. The van der Waals surface area contributed by atoms with Gasteiger partial charge >= 0.3 is 0 Å². The first-order chi connectivity index (χ1) is 24.7. The largest absolute Gasteiger partial charge is 0.384 e. The third-order valence-corrected chi connectivity index (χ3v) is 10.2. The Bertz CT molecular complexity index is 2270. The minimum Gasteiger partial charge on any atom is -0.384 e. The van der Waals surface area contributed by atoms with Crippen molar-refractivity contribution in [1.29, 1.82) is 0 Å². The van der Waals surface area contributed by atoms with Crippen LogP contribution in [0.1, 0.15) is 80.6 Å². The fourth-order valence-corrected chi connectivity index (χ4v) is 7.55. The molecule has 2 saturated heterocycles. The van der Waals surface area contributed by atoms with Crippen LogP contribution < -0.4 is 16.0 Å². The van der Waals surface area contributed by atoms with E-state index in [1.165, 1.54) is 6.42 Å². The van der Waals surface area contributed by atoms with Crippen molar-refractivity contribution < 1.29 is 24.0 Å². The Labute approximate surface area is 292 Å². The first kappa shape index (κ1) is 32.3. The van der Waals surface area contributed by atoms with Gasteiger partial charge in [0.2, 0.25) is 11.8 Å². The molecule has 3 aliphatic rings. The van der Waals surface area contributed by atoms with Crippen molar-refractivity contribution in [3.63, 3.8) is 0 Å². The van der Waals surface area contributed by atoms with Crippen molar-refractivity contribution >= 4 is 62.8 Å². The van der Waals surface area contributed by atoms with Crippen LogP contribution in [-0.2, 0) is 16.1 Å². The molecule has 5 aromatic rings. The molecule has 0 radical (unpaired) electrons. The number of fused-ring (bicyclic) bond motifs is 3. The molecule has 3 aromatic heterocycles. The summed E-state index contributed by atoms with van der Waals surface area (Å²) in [5.41, 5.74) is 5.16. The zero-order chi connectivity index (χ0) is 35.4. The summed E-state index contributed by atoms with van der Waals surface area (Å²) in [5.74, 6) is -1.98. The molecular weight excluding hydrogens is 650 g/mol. The summed E-state index contributed by atoms with van der Waals surface area (Å²) in [4.78, 5) is 75.4. The van der Waals surface area contributed by atoms with E-state index in [4.69, 9.17) is 5.10 Å². The molecule has 0 saturated carbocycles. The van der Waals surface area contributed by atoms with E-state index in [0.717, 1.165) is 51.1 Å². The molecule has 14 heteroatoms. The van der Waals surface area contributed by atoms with Crippen molar-refractivity contribution in [3.05, 3.63) is 82.8 Å². The number of aromatic amines is 1. The summed E-state index contributed by atoms with van der Waals surface area (Å²) in [6, 6.07) is 13.8. The third-order valence-electron chi connectivity index (χ3n) is 10.2. The number of likely N-dealkylation sites (tertiary alicyclic amines) is 1. The van der Waals surface area contributed by atoms with Crippen LogP contribution in [0.5, 0.6) is 0 Å². The van der Waals surface area contributed by atoms with Gasteiger partial charge in [-0.05, 0) is 76.5 Å². The fourth-order valence-electron chi connectivity index (χ4n) is 7.55. The number of carbonyl (C=O) groups excluding carboxylic acids is 5. The molecule has 0 aliphatic carbocycles. The lowest BCUT2D eigenvalue weighted by Gasteiger charge is -2.27. The molecule has 1 unspecified atom stereocenters. The number of anilines is 2. The van der Waals surface area contributed by atoms with Gasteiger partial charge < -0.3 is 15.6 Å². The monoisotopic (exact) mass is 687 g/mol. The van der Waals surface area contributed by atoms with Crippen molar-refractivity contribution in [2.24, 2.45) is 0 Å². The van der Waals surface area contributed by atoms with Gasteiger partial charge in [0.1, 0.15) is 11.9 Å². The molecule has 4 N–H and O–H groups in total. The molecule has 2 fully saturated rings. The minimum atomic E-state index is -1.03. The Balaban J connectivity index is 0.931. The highest BCUT2D eigenvalue weighted by Gasteiger charge is 2.45. The van der Waals surface area contributed by atoms with E-state index in [1.807, 2.05) is 29.8 Å². The average Bonchev–Trinajstić information content (AvgIpc) is 3.87. The maximum absolute atomic E-state index is 13.4. The van der Waals surface area contributed by atoms with E-state index in [1.54, 1.807) is 30.5 Å². The van der Waals surface area contributed by atoms with Gasteiger partial charge in [-0.3, -0.25) is 43.8 Å². The highest BCUT2D eigenvalue weighted by molar-refractivity contribution is 6.25. The maximum Gasteiger partial charge on any atom is 0.264 e. The fraction of sp³-hybridized carbons (Fsp3) is 0.324. The Kier molecular flexibility index (Phi) is 8.10. The van der Waals surface area contributed by atoms with E-state index in [0.29, 0.717) is 42.6 Å². The van der Waals surface area contributed by atoms with Gasteiger partial charge in [-0.25, -0.2) is 4.98 Å². The van der Waals surface area contributed by atoms with Crippen molar-refractivity contribution in [3.8, 4) is 0 Å². The standard InChI is InChI=1S/C37H37N9O5/c1-20-23-10-9-21(34(48)41-31-18-26-22(19-39-31)16-27(40-26)28-8-4-14-44(28)2)17-30(23)45(43-20)15-5-13-38-25-7-3-6-24-33(25)37(51)46(36(24)50)29-11-12-32(47)42-35(29)49/h3,6-7,9-10,16-19,28-29,38,40H,4-5,8,11-15H2,1-2H3,(H,39,41,48)(H,42,47,49)/t28-,29?/m1/s1. The number of pyridine rings is 1. The van der Waals surface area contributed by atoms with Gasteiger partial charge in [-0.1, -0.05) is 12.1 Å². The summed E-state index contributed by atoms with van der Waals surface area (Å²) in [6.45, 7) is 3.99. The van der Waals surface area contributed by atoms with E-state index < -0.39 is 29.7 Å². The van der Waals surface area contributed by atoms with Crippen LogP contribution in [-0.4, -0.2) is 85.3 Å². The Hall–Kier alpha value is -5.89. The molecule has 260 valence electrons. The number of aromatic nitrogens is 4. The van der Waals surface area contributed by atoms with Crippen LogP contribution in [0.3, 0.4) is 0 Å². The number of nitrogens with zero attached hydrogens (tertiary/aromatic N) is 5. The van der Waals surface area contributed by atoms with Gasteiger partial charge in [-0.2, -0.15) is 5.10 Å². The first-order valence-corrected chi connectivity index (χ1v) is 17.2. The SMILES string of the molecule is Cc1nn(CCCNc2cccc3c2C(=O)N(C2CCC(=O)NC2=O)C3=O)c2cc(C(=O)Nc3cc4[nH]c([C@H]5CCCN5C)cc4cn3)ccc12. The zero-order valence-corrected chi connectivity index (χ0v) is 28.3. The molecule has 3 aliphatic heterocycles. The number of hydrogen-bond acceptors (Lipinski definition) is 9. The summed E-state index contributed by atoms with van der Waals surface area (Å²) in [6.07, 6.45) is 4.84. The van der Waals surface area contributed by atoms with Gasteiger partial charge in [0, 0.05) is 65.5 Å². The summed E-state index contributed by atoms with van der Waals surface area (Å²) in [7, 11) is 2.14. The number of carbonyl (C=O) groups is 5. The smallest absolute Gasteiger partial charge is 0.264 e. The minimum absolute atomic E-state index is 0.0590. The number of hydrogen-bond donors (Lipinski definition) is 4. The van der Waals surface area contributed by atoms with E-state index in [-0.39, 0.29) is 29.9 Å². The lowest BCUT2D eigenvalue weighted by molar-refractivity contribution is -0.136.